The van der Waals surface area contributed by atoms with Crippen LogP contribution in [0.4, 0.5) is 34.1 Å². The van der Waals surface area contributed by atoms with Gasteiger partial charge in [0.2, 0.25) is 0 Å². The molecule has 0 N–H and O–H groups in total. The molecule has 0 unspecified atom stereocenters. The zero-order valence-electron chi connectivity index (χ0n) is 48.8. The van der Waals surface area contributed by atoms with Gasteiger partial charge in [0.25, 0.3) is 0 Å². The predicted molar refractivity (Wildman–Crippen MR) is 369 cm³/mol. The monoisotopic (exact) mass is 1100 g/mol. The number of nitrogens with zero attached hydrogens (tertiary/aromatic N) is 2. The van der Waals surface area contributed by atoms with Crippen molar-refractivity contribution < 1.29 is 0 Å². The van der Waals surface area contributed by atoms with Crippen molar-refractivity contribution in [2.45, 2.75) is 38.5 Å². The highest BCUT2D eigenvalue weighted by molar-refractivity contribution is 6.01. The second-order valence-corrected chi connectivity index (χ2v) is 24.6. The molecule has 0 bridgehead atoms. The summed E-state index contributed by atoms with van der Waals surface area (Å²) in [5.41, 5.74) is 21.8. The van der Waals surface area contributed by atoms with Gasteiger partial charge in [-0.3, -0.25) is 0 Å². The third-order valence-electron chi connectivity index (χ3n) is 18.7. The molecule has 0 fully saturated rings. The van der Waals surface area contributed by atoms with Gasteiger partial charge in [-0.2, -0.15) is 0 Å². The van der Waals surface area contributed by atoms with E-state index in [0.29, 0.717) is 0 Å². The number of rotatable bonds is 10. The van der Waals surface area contributed by atoms with Crippen LogP contribution in [0.15, 0.2) is 279 Å². The van der Waals surface area contributed by atoms with Gasteiger partial charge in [0.15, 0.2) is 0 Å². The Morgan fingerprint density at radius 3 is 0.849 bits per heavy atom. The second kappa shape index (κ2) is 20.1. The molecule has 2 aliphatic rings. The molecule has 0 heterocycles. The number of hydrogen-bond donors (Lipinski definition) is 0. The maximum Gasteiger partial charge on any atom is 0.0468 e. The van der Waals surface area contributed by atoms with Crippen molar-refractivity contribution in [2.75, 3.05) is 9.80 Å². The first-order chi connectivity index (χ1) is 42.1. The van der Waals surface area contributed by atoms with Crippen molar-refractivity contribution in [2.24, 2.45) is 0 Å². The molecule has 0 atom stereocenters. The highest BCUT2D eigenvalue weighted by Crippen LogP contribution is 2.53. The van der Waals surface area contributed by atoms with Gasteiger partial charge in [-0.1, -0.05) is 258 Å². The van der Waals surface area contributed by atoms with Crippen molar-refractivity contribution in [3.8, 4) is 22.3 Å². The van der Waals surface area contributed by atoms with Crippen molar-refractivity contribution in [3.05, 3.63) is 324 Å². The summed E-state index contributed by atoms with van der Waals surface area (Å²) >= 11 is 0. The van der Waals surface area contributed by atoms with Gasteiger partial charge in [-0.25, -0.2) is 0 Å². The molecule has 2 aliphatic carbocycles. The minimum Gasteiger partial charge on any atom is -0.310 e. The zero-order valence-corrected chi connectivity index (χ0v) is 48.8. The van der Waals surface area contributed by atoms with Crippen LogP contribution in [0, 0.1) is 0 Å². The number of hydrogen-bond acceptors (Lipinski definition) is 2. The Kier molecular flexibility index (Phi) is 11.9. The third-order valence-corrected chi connectivity index (χ3v) is 18.7. The lowest BCUT2D eigenvalue weighted by molar-refractivity contribution is 0.660. The van der Waals surface area contributed by atoms with Gasteiger partial charge >= 0.3 is 0 Å². The average molecular weight is 1100 g/mol. The Morgan fingerprint density at radius 2 is 0.512 bits per heavy atom. The fraction of sp³-hybridized carbons (Fsp3) is 0.0714. The van der Waals surface area contributed by atoms with Crippen molar-refractivity contribution >= 4 is 112 Å². The number of anilines is 6. The molecule has 14 aromatic rings. The quantitative estimate of drug-likeness (QED) is 0.126. The molecule has 0 aliphatic heterocycles. The lowest BCUT2D eigenvalue weighted by Gasteiger charge is -2.28. The van der Waals surface area contributed by atoms with E-state index in [4.69, 9.17) is 0 Å². The van der Waals surface area contributed by atoms with Gasteiger partial charge < -0.3 is 9.80 Å². The first-order valence-electron chi connectivity index (χ1n) is 30.1. The Bertz CT molecular complexity index is 4670. The highest BCUT2D eigenvalue weighted by atomic mass is 15.1. The smallest absolute Gasteiger partial charge is 0.0468 e. The van der Waals surface area contributed by atoms with Crippen molar-refractivity contribution in [3.63, 3.8) is 0 Å². The Balaban J connectivity index is 0.674. The Hall–Kier alpha value is -10.5. The number of fused-ring (bicyclic) bond motifs is 11. The molecule has 0 saturated carbocycles. The third kappa shape index (κ3) is 8.63. The van der Waals surface area contributed by atoms with Crippen molar-refractivity contribution in [1.29, 1.82) is 0 Å². The largest absolute Gasteiger partial charge is 0.310 e. The van der Waals surface area contributed by atoms with Crippen LogP contribution in [0.5, 0.6) is 0 Å². The van der Waals surface area contributed by atoms with E-state index >= 15 is 0 Å². The summed E-state index contributed by atoms with van der Waals surface area (Å²) in [7, 11) is 0. The molecule has 16 rings (SSSR count). The van der Waals surface area contributed by atoms with Crippen LogP contribution in [0.3, 0.4) is 0 Å². The summed E-state index contributed by atoms with van der Waals surface area (Å²) in [5.74, 6) is 0. The maximum atomic E-state index is 2.44. The molecule has 0 saturated heterocycles. The predicted octanol–water partition coefficient (Wildman–Crippen LogP) is 23.3. The average Bonchev–Trinajstić information content (AvgIpc) is 1.91. The molecular weight excluding hydrogens is 1040 g/mol. The lowest BCUT2D eigenvalue weighted by atomic mass is 9.81. The van der Waals surface area contributed by atoms with Gasteiger partial charge in [0, 0.05) is 45.0 Å². The minimum atomic E-state index is -0.217. The normalized spacial score (nSPS) is 13.7. The summed E-state index contributed by atoms with van der Waals surface area (Å²) in [6.07, 6.45) is 9.18. The van der Waals surface area contributed by atoms with E-state index in [1.54, 1.807) is 0 Å². The highest BCUT2D eigenvalue weighted by Gasteiger charge is 2.38. The standard InChI is InChI=1S/C84H62N2/c1-83(2)79-47-55(29-43-75(79)77-45-41-71(53-81(77)83)85(67-37-33-57-15-5-9-19-63(57)49-67)68-38-34-58-16-6-10-20-64(58)50-68)27-31-61-23-13-26-74-62(24-14-25-73(61)74)32-28-56-30-44-76-78-46-42-72(54-82(78)84(3,4)80(76)48-56)86(69-39-35-59-17-7-11-21-65(59)51-69)70-40-36-60-18-8-12-22-66(60)52-70/h5-54H,1-4H3. The SMILES string of the molecule is CC1(C)c2cc(C=Cc3cccc4c(C=Cc5ccc6c(c5)C(C)(C)c5cc(N(c7ccc8ccccc8c7)c7ccc8ccccc8c7)ccc5-6)cccc34)ccc2-c2ccc(N(c3ccc4ccccc4c3)c3ccc4ccccc4c3)cc21. The summed E-state index contributed by atoms with van der Waals surface area (Å²) in [6.45, 7) is 9.55. The number of benzene rings is 14. The van der Waals surface area contributed by atoms with Crippen molar-refractivity contribution in [1.82, 2.24) is 0 Å². The summed E-state index contributed by atoms with van der Waals surface area (Å²) in [6, 6.07) is 103. The summed E-state index contributed by atoms with van der Waals surface area (Å²) in [4.78, 5) is 4.85. The van der Waals surface area contributed by atoms with Crippen LogP contribution >= 0.6 is 0 Å². The topological polar surface area (TPSA) is 6.48 Å². The van der Waals surface area contributed by atoms with Gasteiger partial charge in [-0.05, 0) is 193 Å². The molecule has 0 aromatic heterocycles. The molecular formula is C84H62N2. The summed E-state index contributed by atoms with van der Waals surface area (Å²) < 4.78 is 0. The van der Waals surface area contributed by atoms with E-state index in [-0.39, 0.29) is 10.8 Å². The Labute approximate surface area is 503 Å². The van der Waals surface area contributed by atoms with Crippen LogP contribution in [-0.4, -0.2) is 0 Å². The van der Waals surface area contributed by atoms with Crippen LogP contribution < -0.4 is 9.80 Å². The van der Waals surface area contributed by atoms with E-state index in [9.17, 15) is 0 Å². The zero-order chi connectivity index (χ0) is 57.7. The molecule has 0 amide bonds. The van der Waals surface area contributed by atoms with Gasteiger partial charge in [0.1, 0.15) is 0 Å². The van der Waals surface area contributed by atoms with E-state index in [2.05, 4.69) is 341 Å². The van der Waals surface area contributed by atoms with E-state index in [0.717, 1.165) is 34.1 Å². The minimum absolute atomic E-state index is 0.217. The summed E-state index contributed by atoms with van der Waals surface area (Å²) in [5, 5.41) is 12.3. The first kappa shape index (κ1) is 51.1. The van der Waals surface area contributed by atoms with E-state index in [1.807, 2.05) is 0 Å². The van der Waals surface area contributed by atoms with Crippen LogP contribution in [-0.2, 0) is 10.8 Å². The molecule has 14 aromatic carbocycles. The molecule has 0 radical (unpaired) electrons. The van der Waals surface area contributed by atoms with E-state index < -0.39 is 0 Å². The first-order valence-corrected chi connectivity index (χ1v) is 30.1. The lowest BCUT2D eigenvalue weighted by Crippen LogP contribution is -2.16. The maximum absolute atomic E-state index is 2.44. The fourth-order valence-corrected chi connectivity index (χ4v) is 14.2. The molecule has 2 nitrogen and oxygen atoms in total. The van der Waals surface area contributed by atoms with Crippen LogP contribution in [0.1, 0.15) is 72.2 Å². The van der Waals surface area contributed by atoms with Gasteiger partial charge in [-0.15, -0.1) is 0 Å². The molecule has 408 valence electrons. The van der Waals surface area contributed by atoms with Crippen LogP contribution in [0.25, 0.3) is 100 Å². The molecule has 2 heteroatoms. The van der Waals surface area contributed by atoms with Crippen LogP contribution in [0.2, 0.25) is 0 Å². The van der Waals surface area contributed by atoms with Gasteiger partial charge in [0.05, 0.1) is 0 Å². The molecule has 86 heavy (non-hydrogen) atoms. The molecule has 0 spiro atoms. The Morgan fingerprint density at radius 1 is 0.233 bits per heavy atom. The fourth-order valence-electron chi connectivity index (χ4n) is 14.2. The second-order valence-electron chi connectivity index (χ2n) is 24.6. The van der Waals surface area contributed by atoms with E-state index in [1.165, 1.54) is 121 Å².